The highest BCUT2D eigenvalue weighted by atomic mass is 35.5. The zero-order valence-corrected chi connectivity index (χ0v) is 12.7. The van der Waals surface area contributed by atoms with Gasteiger partial charge in [0.05, 0.1) is 29.2 Å². The molecule has 20 heavy (non-hydrogen) atoms. The lowest BCUT2D eigenvalue weighted by molar-refractivity contribution is -0.130. The molecule has 0 bridgehead atoms. The Morgan fingerprint density at radius 2 is 2.20 bits per heavy atom. The van der Waals surface area contributed by atoms with E-state index in [1.165, 1.54) is 11.3 Å². The highest BCUT2D eigenvalue weighted by molar-refractivity contribution is 7.16. The van der Waals surface area contributed by atoms with Crippen LogP contribution in [0.25, 0.3) is 0 Å². The molecule has 106 valence electrons. The molecule has 0 radical (unpaired) electrons. The molecule has 0 spiro atoms. The third kappa shape index (κ3) is 3.95. The van der Waals surface area contributed by atoms with Gasteiger partial charge in [-0.25, -0.2) is 0 Å². The molecule has 0 saturated carbocycles. The van der Waals surface area contributed by atoms with Crippen molar-refractivity contribution in [3.8, 4) is 0 Å². The Kier molecular flexibility index (Phi) is 4.98. The van der Waals surface area contributed by atoms with Crippen LogP contribution in [0, 0.1) is 0 Å². The number of pyridine rings is 1. The Morgan fingerprint density at radius 1 is 1.40 bits per heavy atom. The minimum atomic E-state index is 0.0503. The van der Waals surface area contributed by atoms with Crippen LogP contribution in [0.15, 0.2) is 30.5 Å². The van der Waals surface area contributed by atoms with Crippen molar-refractivity contribution in [2.45, 2.75) is 19.9 Å². The van der Waals surface area contributed by atoms with E-state index in [1.807, 2.05) is 19.1 Å². The van der Waals surface area contributed by atoms with Gasteiger partial charge in [-0.05, 0) is 31.2 Å². The summed E-state index contributed by atoms with van der Waals surface area (Å²) in [5.41, 5.74) is 6.91. The number of hydrogen-bond acceptors (Lipinski definition) is 4. The number of rotatable bonds is 5. The lowest BCUT2D eigenvalue weighted by Gasteiger charge is -2.20. The number of amides is 1. The Balaban J connectivity index is 2.00. The maximum Gasteiger partial charge on any atom is 0.228 e. The number of thiophene rings is 1. The maximum absolute atomic E-state index is 12.3. The van der Waals surface area contributed by atoms with Gasteiger partial charge >= 0.3 is 0 Å². The zero-order chi connectivity index (χ0) is 14.5. The summed E-state index contributed by atoms with van der Waals surface area (Å²) in [5.74, 6) is 0.0503. The first-order chi connectivity index (χ1) is 9.58. The predicted octanol–water partition coefficient (Wildman–Crippen LogP) is 2.97. The number of halogens is 1. The molecule has 0 aliphatic heterocycles. The fourth-order valence-electron chi connectivity index (χ4n) is 1.81. The van der Waals surface area contributed by atoms with E-state index in [0.29, 0.717) is 18.8 Å². The summed E-state index contributed by atoms with van der Waals surface area (Å²) >= 11 is 7.40. The Morgan fingerprint density at radius 3 is 2.75 bits per heavy atom. The van der Waals surface area contributed by atoms with E-state index in [-0.39, 0.29) is 12.3 Å². The van der Waals surface area contributed by atoms with Crippen molar-refractivity contribution in [2.24, 2.45) is 0 Å². The van der Waals surface area contributed by atoms with Crippen molar-refractivity contribution < 1.29 is 4.79 Å². The second-order valence-electron chi connectivity index (χ2n) is 4.37. The van der Waals surface area contributed by atoms with E-state index >= 15 is 0 Å². The molecule has 2 aromatic heterocycles. The molecular formula is C14H16ClN3OS. The summed E-state index contributed by atoms with van der Waals surface area (Å²) in [5, 5.41) is 0. The molecule has 0 fully saturated rings. The van der Waals surface area contributed by atoms with Gasteiger partial charge in [-0.15, -0.1) is 11.3 Å². The number of hydrogen-bond donors (Lipinski definition) is 1. The van der Waals surface area contributed by atoms with E-state index in [1.54, 1.807) is 23.2 Å². The lowest BCUT2D eigenvalue weighted by atomic mass is 10.2. The second kappa shape index (κ2) is 6.72. The minimum Gasteiger partial charge on any atom is -0.397 e. The summed E-state index contributed by atoms with van der Waals surface area (Å²) in [6, 6.07) is 7.33. The van der Waals surface area contributed by atoms with Crippen molar-refractivity contribution in [1.82, 2.24) is 9.88 Å². The van der Waals surface area contributed by atoms with Gasteiger partial charge in [-0.1, -0.05) is 11.6 Å². The molecule has 2 rings (SSSR count). The van der Waals surface area contributed by atoms with Crippen LogP contribution < -0.4 is 5.73 Å². The number of carbonyl (C=O) groups is 1. The Hall–Kier alpha value is -1.59. The van der Waals surface area contributed by atoms with E-state index < -0.39 is 0 Å². The molecule has 2 N–H and O–H groups in total. The average Bonchev–Trinajstić information content (AvgIpc) is 2.84. The fraction of sp³-hybridized carbons (Fsp3) is 0.286. The maximum atomic E-state index is 12.3. The summed E-state index contributed by atoms with van der Waals surface area (Å²) < 4.78 is 0.740. The number of nitrogens with two attached hydrogens (primary N) is 1. The third-order valence-corrected chi connectivity index (χ3v) is 4.11. The van der Waals surface area contributed by atoms with Crippen LogP contribution in [0.1, 0.15) is 17.5 Å². The van der Waals surface area contributed by atoms with Gasteiger partial charge in [-0.3, -0.25) is 9.78 Å². The first kappa shape index (κ1) is 14.8. The van der Waals surface area contributed by atoms with Gasteiger partial charge in [0.1, 0.15) is 0 Å². The van der Waals surface area contributed by atoms with Crippen molar-refractivity contribution in [3.63, 3.8) is 0 Å². The van der Waals surface area contributed by atoms with E-state index in [2.05, 4.69) is 4.98 Å². The first-order valence-electron chi connectivity index (χ1n) is 6.31. The predicted molar refractivity (Wildman–Crippen MR) is 82.8 cm³/mol. The number of anilines is 1. The van der Waals surface area contributed by atoms with Gasteiger partial charge in [0.15, 0.2) is 0 Å². The summed E-state index contributed by atoms with van der Waals surface area (Å²) in [6.45, 7) is 3.20. The van der Waals surface area contributed by atoms with Crippen LogP contribution in [-0.2, 0) is 17.8 Å². The standard InChI is InChI=1S/C14H16ClN3OS/c1-2-18(9-12-5-6-13(15)20-12)14(19)7-11-4-3-10(16)8-17-11/h3-6,8H,2,7,9,16H2,1H3. The molecule has 0 aromatic carbocycles. The normalized spacial score (nSPS) is 10.5. The molecule has 6 heteroatoms. The van der Waals surface area contributed by atoms with Gasteiger partial charge in [0, 0.05) is 17.1 Å². The van der Waals surface area contributed by atoms with Gasteiger partial charge < -0.3 is 10.6 Å². The summed E-state index contributed by atoms with van der Waals surface area (Å²) in [7, 11) is 0. The van der Waals surface area contributed by atoms with Gasteiger partial charge in [-0.2, -0.15) is 0 Å². The minimum absolute atomic E-state index is 0.0503. The molecule has 1 amide bonds. The lowest BCUT2D eigenvalue weighted by Crippen LogP contribution is -2.31. The van der Waals surface area contributed by atoms with Crippen LogP contribution in [0.5, 0.6) is 0 Å². The summed E-state index contributed by atoms with van der Waals surface area (Å²) in [6.07, 6.45) is 1.85. The highest BCUT2D eigenvalue weighted by Crippen LogP contribution is 2.22. The largest absolute Gasteiger partial charge is 0.397 e. The quantitative estimate of drug-likeness (QED) is 0.923. The number of nitrogen functional groups attached to an aromatic ring is 1. The molecular weight excluding hydrogens is 294 g/mol. The van der Waals surface area contributed by atoms with E-state index in [9.17, 15) is 4.79 Å². The number of nitrogens with zero attached hydrogens (tertiary/aromatic N) is 2. The molecule has 2 aromatic rings. The van der Waals surface area contributed by atoms with Crippen LogP contribution in [0.2, 0.25) is 4.34 Å². The molecule has 0 atom stereocenters. The van der Waals surface area contributed by atoms with Crippen LogP contribution in [0.3, 0.4) is 0 Å². The topological polar surface area (TPSA) is 59.2 Å². The molecule has 0 unspecified atom stereocenters. The Bertz CT molecular complexity index is 582. The van der Waals surface area contributed by atoms with Crippen LogP contribution >= 0.6 is 22.9 Å². The molecule has 0 aliphatic rings. The average molecular weight is 310 g/mol. The highest BCUT2D eigenvalue weighted by Gasteiger charge is 2.14. The molecule has 0 aliphatic carbocycles. The third-order valence-electron chi connectivity index (χ3n) is 2.89. The smallest absolute Gasteiger partial charge is 0.228 e. The molecule has 0 saturated heterocycles. The zero-order valence-electron chi connectivity index (χ0n) is 11.2. The van der Waals surface area contributed by atoms with Gasteiger partial charge in [0.25, 0.3) is 0 Å². The summed E-state index contributed by atoms with van der Waals surface area (Å²) in [4.78, 5) is 19.3. The number of aromatic nitrogens is 1. The van der Waals surface area contributed by atoms with Crippen molar-refractivity contribution >= 4 is 34.5 Å². The van der Waals surface area contributed by atoms with Crippen LogP contribution in [0.4, 0.5) is 5.69 Å². The Labute approximate surface area is 127 Å². The number of carbonyl (C=O) groups excluding carboxylic acids is 1. The fourth-order valence-corrected chi connectivity index (χ4v) is 2.91. The van der Waals surface area contributed by atoms with Crippen LogP contribution in [-0.4, -0.2) is 22.3 Å². The van der Waals surface area contributed by atoms with E-state index in [4.69, 9.17) is 17.3 Å². The first-order valence-corrected chi connectivity index (χ1v) is 7.50. The SMILES string of the molecule is CCN(Cc1ccc(Cl)s1)C(=O)Cc1ccc(N)cn1. The molecule has 2 heterocycles. The number of likely N-dealkylation sites (N-methyl/N-ethyl adjacent to an activating group) is 1. The van der Waals surface area contributed by atoms with Crippen molar-refractivity contribution in [3.05, 3.63) is 45.4 Å². The molecule has 4 nitrogen and oxygen atoms in total. The van der Waals surface area contributed by atoms with Crippen molar-refractivity contribution in [2.75, 3.05) is 12.3 Å². The van der Waals surface area contributed by atoms with Crippen molar-refractivity contribution in [1.29, 1.82) is 0 Å². The second-order valence-corrected chi connectivity index (χ2v) is 6.17. The monoisotopic (exact) mass is 309 g/mol. The van der Waals surface area contributed by atoms with Gasteiger partial charge in [0.2, 0.25) is 5.91 Å². The van der Waals surface area contributed by atoms with E-state index in [0.717, 1.165) is 14.9 Å².